The average Bonchev–Trinajstić information content (AvgIpc) is 3.20. The van der Waals surface area contributed by atoms with Crippen molar-refractivity contribution in [1.82, 2.24) is 10.7 Å². The summed E-state index contributed by atoms with van der Waals surface area (Å²) in [6.07, 6.45) is 2.45. The fourth-order valence-electron chi connectivity index (χ4n) is 2.37. The van der Waals surface area contributed by atoms with Crippen LogP contribution < -0.4 is 20.2 Å². The zero-order valence-electron chi connectivity index (χ0n) is 12.4. The maximum atomic E-state index is 5.53. The third-order valence-corrected chi connectivity index (χ3v) is 3.87. The Morgan fingerprint density at radius 1 is 1.36 bits per heavy atom. The molecule has 22 heavy (non-hydrogen) atoms. The molecule has 1 aromatic rings. The van der Waals surface area contributed by atoms with Crippen LogP contribution in [0.4, 0.5) is 0 Å². The Bertz CT molecular complexity index is 585. The second kappa shape index (κ2) is 6.93. The lowest BCUT2D eigenvalue weighted by Gasteiger charge is -2.12. The molecule has 0 aliphatic carbocycles. The number of fused-ring (bicyclic) bond motifs is 1. The van der Waals surface area contributed by atoms with Crippen LogP contribution in [-0.4, -0.2) is 36.9 Å². The minimum atomic E-state index is 0.249. The second-order valence-electron chi connectivity index (χ2n) is 5.22. The Balaban J connectivity index is 1.51. The summed E-state index contributed by atoms with van der Waals surface area (Å²) in [6, 6.07) is 5.73. The van der Waals surface area contributed by atoms with E-state index in [9.17, 15) is 0 Å². The van der Waals surface area contributed by atoms with E-state index in [-0.39, 0.29) is 12.9 Å². The van der Waals surface area contributed by atoms with Crippen molar-refractivity contribution in [3.05, 3.63) is 23.8 Å². The highest BCUT2D eigenvalue weighted by Crippen LogP contribution is 2.32. The van der Waals surface area contributed by atoms with Gasteiger partial charge in [-0.05, 0) is 50.2 Å². The van der Waals surface area contributed by atoms with Gasteiger partial charge in [0.15, 0.2) is 16.6 Å². The topological polar surface area (TPSA) is 64.1 Å². The van der Waals surface area contributed by atoms with E-state index >= 15 is 0 Å². The number of nitrogens with one attached hydrogen (secondary N) is 2. The van der Waals surface area contributed by atoms with Gasteiger partial charge in [0.25, 0.3) is 0 Å². The summed E-state index contributed by atoms with van der Waals surface area (Å²) in [6.45, 7) is 3.73. The lowest BCUT2D eigenvalue weighted by atomic mass is 10.1. The Hall–Kier alpha value is -1.86. The normalized spacial score (nSPS) is 20.0. The zero-order valence-corrected chi connectivity index (χ0v) is 13.2. The molecule has 118 valence electrons. The van der Waals surface area contributed by atoms with Crippen molar-refractivity contribution in [3.8, 4) is 11.5 Å². The molecule has 2 aliphatic rings. The average molecular weight is 321 g/mol. The van der Waals surface area contributed by atoms with Gasteiger partial charge in [-0.1, -0.05) is 0 Å². The lowest BCUT2D eigenvalue weighted by Crippen LogP contribution is -2.37. The summed E-state index contributed by atoms with van der Waals surface area (Å²) in [5.41, 5.74) is 4.63. The van der Waals surface area contributed by atoms with Gasteiger partial charge in [0, 0.05) is 18.7 Å². The van der Waals surface area contributed by atoms with E-state index in [0.29, 0.717) is 11.7 Å². The van der Waals surface area contributed by atoms with Crippen LogP contribution in [0.25, 0.3) is 0 Å². The molecule has 2 N–H and O–H groups in total. The predicted octanol–water partition coefficient (Wildman–Crippen LogP) is 1.78. The Labute approximate surface area is 134 Å². The monoisotopic (exact) mass is 321 g/mol. The maximum Gasteiger partial charge on any atom is 0.231 e. The van der Waals surface area contributed by atoms with E-state index in [1.807, 2.05) is 25.1 Å². The Morgan fingerprint density at radius 3 is 3.05 bits per heavy atom. The molecule has 3 rings (SSSR count). The molecule has 7 heteroatoms. The van der Waals surface area contributed by atoms with Gasteiger partial charge in [0.1, 0.15) is 0 Å². The predicted molar refractivity (Wildman–Crippen MR) is 87.5 cm³/mol. The molecule has 1 atom stereocenters. The number of nitrogens with zero attached hydrogens (tertiary/aromatic N) is 1. The van der Waals surface area contributed by atoms with Crippen molar-refractivity contribution in [2.75, 3.05) is 19.9 Å². The minimum absolute atomic E-state index is 0.249. The van der Waals surface area contributed by atoms with Gasteiger partial charge >= 0.3 is 0 Å². The van der Waals surface area contributed by atoms with Crippen LogP contribution in [0, 0.1) is 0 Å². The summed E-state index contributed by atoms with van der Waals surface area (Å²) < 4.78 is 16.2. The van der Waals surface area contributed by atoms with E-state index in [1.165, 1.54) is 0 Å². The standard InChI is InChI=1S/C15H19N3O3S/c1-10(11-4-5-13-14(7-11)21-9-20-13)17-18-15(22)16-8-12-3-2-6-19-12/h4-5,7,12H,2-3,6,8-9H2,1H3,(H2,16,18,22)/t12-/m0/s1. The quantitative estimate of drug-likeness (QED) is 0.501. The van der Waals surface area contributed by atoms with Crippen LogP contribution in [0.3, 0.4) is 0 Å². The highest BCUT2D eigenvalue weighted by atomic mass is 32.1. The summed E-state index contributed by atoms with van der Waals surface area (Å²) in [7, 11) is 0. The van der Waals surface area contributed by atoms with Crippen LogP contribution in [0.2, 0.25) is 0 Å². The van der Waals surface area contributed by atoms with Gasteiger partial charge in [-0.3, -0.25) is 5.43 Å². The fraction of sp³-hybridized carbons (Fsp3) is 0.467. The van der Waals surface area contributed by atoms with E-state index in [1.54, 1.807) is 0 Å². The molecule has 1 saturated heterocycles. The number of hydrogen-bond acceptors (Lipinski definition) is 5. The van der Waals surface area contributed by atoms with Crippen molar-refractivity contribution >= 4 is 23.0 Å². The zero-order chi connectivity index (χ0) is 15.4. The van der Waals surface area contributed by atoms with Gasteiger partial charge in [0.05, 0.1) is 11.8 Å². The molecule has 0 unspecified atom stereocenters. The molecule has 1 fully saturated rings. The van der Waals surface area contributed by atoms with Crippen LogP contribution in [-0.2, 0) is 4.74 Å². The summed E-state index contributed by atoms with van der Waals surface area (Å²) in [5, 5.41) is 7.90. The smallest absolute Gasteiger partial charge is 0.231 e. The Kier molecular flexibility index (Phi) is 4.74. The first-order valence-corrected chi connectivity index (χ1v) is 7.73. The van der Waals surface area contributed by atoms with Crippen LogP contribution in [0.1, 0.15) is 25.3 Å². The lowest BCUT2D eigenvalue weighted by molar-refractivity contribution is 0.114. The maximum absolute atomic E-state index is 5.53. The van der Waals surface area contributed by atoms with E-state index in [0.717, 1.165) is 42.2 Å². The van der Waals surface area contributed by atoms with Crippen molar-refractivity contribution in [1.29, 1.82) is 0 Å². The molecule has 1 aromatic carbocycles. The molecule has 0 aromatic heterocycles. The third-order valence-electron chi connectivity index (χ3n) is 3.63. The highest BCUT2D eigenvalue weighted by Gasteiger charge is 2.15. The molecule has 6 nitrogen and oxygen atoms in total. The number of thiocarbonyl (C=S) groups is 1. The van der Waals surface area contributed by atoms with Crippen molar-refractivity contribution in [2.45, 2.75) is 25.9 Å². The highest BCUT2D eigenvalue weighted by molar-refractivity contribution is 7.80. The molecular formula is C15H19N3O3S. The Morgan fingerprint density at radius 2 is 2.23 bits per heavy atom. The van der Waals surface area contributed by atoms with Crippen molar-refractivity contribution < 1.29 is 14.2 Å². The molecular weight excluding hydrogens is 302 g/mol. The number of benzene rings is 1. The summed E-state index contributed by atoms with van der Waals surface area (Å²) in [5.74, 6) is 1.50. The van der Waals surface area contributed by atoms with Gasteiger partial charge in [0.2, 0.25) is 6.79 Å². The van der Waals surface area contributed by atoms with Crippen molar-refractivity contribution in [3.63, 3.8) is 0 Å². The summed E-state index contributed by atoms with van der Waals surface area (Å²) in [4.78, 5) is 0. The van der Waals surface area contributed by atoms with Gasteiger partial charge in [-0.25, -0.2) is 0 Å². The summed E-state index contributed by atoms with van der Waals surface area (Å²) >= 11 is 5.21. The third kappa shape index (κ3) is 3.66. The van der Waals surface area contributed by atoms with Gasteiger partial charge in [-0.15, -0.1) is 0 Å². The van der Waals surface area contributed by atoms with E-state index < -0.39 is 0 Å². The molecule has 2 heterocycles. The van der Waals surface area contributed by atoms with Crippen LogP contribution >= 0.6 is 12.2 Å². The molecule has 2 aliphatic heterocycles. The largest absolute Gasteiger partial charge is 0.454 e. The first-order valence-electron chi connectivity index (χ1n) is 7.32. The van der Waals surface area contributed by atoms with Crippen LogP contribution in [0.15, 0.2) is 23.3 Å². The fourth-order valence-corrected chi connectivity index (χ4v) is 2.50. The minimum Gasteiger partial charge on any atom is -0.454 e. The first-order chi connectivity index (χ1) is 10.7. The molecule has 0 spiro atoms. The number of hydrazone groups is 1. The van der Waals surface area contributed by atoms with E-state index in [2.05, 4.69) is 15.8 Å². The second-order valence-corrected chi connectivity index (χ2v) is 5.63. The molecule has 0 saturated carbocycles. The van der Waals surface area contributed by atoms with E-state index in [4.69, 9.17) is 26.4 Å². The number of hydrogen-bond donors (Lipinski definition) is 2. The number of rotatable bonds is 4. The molecule has 0 amide bonds. The number of ether oxygens (including phenoxy) is 3. The SMILES string of the molecule is CC(=NNC(=S)NC[C@@H]1CCCO1)c1ccc2c(c1)OCO2. The van der Waals surface area contributed by atoms with Gasteiger partial charge in [-0.2, -0.15) is 5.10 Å². The van der Waals surface area contributed by atoms with Crippen LogP contribution in [0.5, 0.6) is 11.5 Å². The van der Waals surface area contributed by atoms with Gasteiger partial charge < -0.3 is 19.5 Å². The first kappa shape index (κ1) is 15.1. The molecule has 0 radical (unpaired) electrons. The van der Waals surface area contributed by atoms with Crippen molar-refractivity contribution in [2.24, 2.45) is 5.10 Å². The molecule has 0 bridgehead atoms.